The summed E-state index contributed by atoms with van der Waals surface area (Å²) in [6.45, 7) is 0.333. The summed E-state index contributed by atoms with van der Waals surface area (Å²) in [6.07, 6.45) is 0. The van der Waals surface area contributed by atoms with Crippen molar-refractivity contribution < 1.29 is 9.47 Å². The third kappa shape index (κ3) is 3.20. The van der Waals surface area contributed by atoms with Crippen molar-refractivity contribution in [1.82, 2.24) is 15.0 Å². The number of pyridine rings is 1. The van der Waals surface area contributed by atoms with Crippen molar-refractivity contribution in [3.63, 3.8) is 0 Å². The van der Waals surface area contributed by atoms with Gasteiger partial charge in [-0.05, 0) is 22.0 Å². The first-order valence-corrected chi connectivity index (χ1v) is 6.55. The number of aromatic nitrogens is 3. The number of hydrogen-bond acceptors (Lipinski definition) is 5. The lowest BCUT2D eigenvalue weighted by Crippen LogP contribution is -2.01. The molecule has 0 radical (unpaired) electrons. The molecule has 0 aromatic carbocycles. The van der Waals surface area contributed by atoms with E-state index in [2.05, 4.69) is 30.9 Å². The van der Waals surface area contributed by atoms with Crippen LogP contribution in [-0.2, 0) is 11.3 Å². The van der Waals surface area contributed by atoms with Crippen molar-refractivity contribution >= 4 is 27.5 Å². The Morgan fingerprint density at radius 1 is 1.21 bits per heavy atom. The van der Waals surface area contributed by atoms with Crippen molar-refractivity contribution in [2.45, 2.75) is 6.61 Å². The van der Waals surface area contributed by atoms with Crippen molar-refractivity contribution in [2.24, 2.45) is 0 Å². The fourth-order valence-corrected chi connectivity index (χ4v) is 1.94. The van der Waals surface area contributed by atoms with E-state index < -0.39 is 0 Å². The Morgan fingerprint density at radius 3 is 2.68 bits per heavy atom. The quantitative estimate of drug-likeness (QED) is 0.798. The van der Waals surface area contributed by atoms with Crippen LogP contribution in [-0.4, -0.2) is 29.2 Å². The molecular formula is C12H11BrClN3O2. The molecule has 0 aliphatic carbocycles. The van der Waals surface area contributed by atoms with Crippen LogP contribution >= 0.6 is 27.5 Å². The van der Waals surface area contributed by atoms with Gasteiger partial charge in [-0.2, -0.15) is 0 Å². The standard InChI is InChI=1S/C12H11BrClN3O2/c1-18-6-8-10(13)11(14)17-12(16-8)7-4-3-5-9(15-7)19-2/h3-5H,6H2,1-2H3. The van der Waals surface area contributed by atoms with Gasteiger partial charge in [-0.25, -0.2) is 15.0 Å². The first-order chi connectivity index (χ1) is 9.15. The van der Waals surface area contributed by atoms with Gasteiger partial charge < -0.3 is 9.47 Å². The Bertz CT molecular complexity index is 595. The molecule has 0 saturated heterocycles. The molecule has 0 bridgehead atoms. The van der Waals surface area contributed by atoms with Crippen LogP contribution in [0.5, 0.6) is 5.88 Å². The highest BCUT2D eigenvalue weighted by molar-refractivity contribution is 9.10. The largest absolute Gasteiger partial charge is 0.481 e. The normalized spacial score (nSPS) is 10.5. The van der Waals surface area contributed by atoms with Gasteiger partial charge in [0, 0.05) is 13.2 Å². The predicted molar refractivity (Wildman–Crippen MR) is 75.2 cm³/mol. The average molecular weight is 345 g/mol. The van der Waals surface area contributed by atoms with Crippen molar-refractivity contribution in [1.29, 1.82) is 0 Å². The van der Waals surface area contributed by atoms with E-state index in [0.29, 0.717) is 39.3 Å². The maximum absolute atomic E-state index is 6.07. The molecule has 0 aliphatic rings. The molecule has 0 fully saturated rings. The molecule has 19 heavy (non-hydrogen) atoms. The van der Waals surface area contributed by atoms with Crippen molar-refractivity contribution in [2.75, 3.05) is 14.2 Å². The first-order valence-electron chi connectivity index (χ1n) is 5.38. The second kappa shape index (κ2) is 6.27. The second-order valence-electron chi connectivity index (χ2n) is 3.60. The summed E-state index contributed by atoms with van der Waals surface area (Å²) in [5.74, 6) is 0.924. The third-order valence-electron chi connectivity index (χ3n) is 2.32. The van der Waals surface area contributed by atoms with Gasteiger partial charge in [0.25, 0.3) is 0 Å². The van der Waals surface area contributed by atoms with Crippen molar-refractivity contribution in [3.05, 3.63) is 33.5 Å². The van der Waals surface area contributed by atoms with Gasteiger partial charge in [-0.3, -0.25) is 0 Å². The molecule has 0 spiro atoms. The zero-order valence-corrected chi connectivity index (χ0v) is 12.7. The topological polar surface area (TPSA) is 57.1 Å². The van der Waals surface area contributed by atoms with Crippen LogP contribution in [0.15, 0.2) is 22.7 Å². The Labute approximate surface area is 124 Å². The average Bonchev–Trinajstić information content (AvgIpc) is 2.44. The van der Waals surface area contributed by atoms with E-state index in [0.717, 1.165) is 0 Å². The van der Waals surface area contributed by atoms with Crippen LogP contribution in [0.2, 0.25) is 5.15 Å². The molecular weight excluding hydrogens is 334 g/mol. The SMILES string of the molecule is COCc1nc(-c2cccc(OC)n2)nc(Cl)c1Br. The first kappa shape index (κ1) is 14.2. The summed E-state index contributed by atoms with van der Waals surface area (Å²) >= 11 is 9.40. The summed E-state index contributed by atoms with van der Waals surface area (Å²) in [5.41, 5.74) is 1.26. The molecule has 0 unspecified atom stereocenters. The molecule has 2 heterocycles. The smallest absolute Gasteiger partial charge is 0.213 e. The number of rotatable bonds is 4. The van der Waals surface area contributed by atoms with E-state index in [1.54, 1.807) is 26.4 Å². The minimum absolute atomic E-state index is 0.321. The fourth-order valence-electron chi connectivity index (χ4n) is 1.46. The van der Waals surface area contributed by atoms with Gasteiger partial charge in [0.15, 0.2) is 5.82 Å². The van der Waals surface area contributed by atoms with Gasteiger partial charge in [-0.1, -0.05) is 17.7 Å². The maximum Gasteiger partial charge on any atom is 0.213 e. The van der Waals surface area contributed by atoms with Crippen LogP contribution in [0.4, 0.5) is 0 Å². The van der Waals surface area contributed by atoms with E-state index >= 15 is 0 Å². The predicted octanol–water partition coefficient (Wildman–Crippen LogP) is 3.11. The zero-order chi connectivity index (χ0) is 13.8. The highest BCUT2D eigenvalue weighted by atomic mass is 79.9. The maximum atomic E-state index is 6.07. The number of hydrogen-bond donors (Lipinski definition) is 0. The molecule has 0 N–H and O–H groups in total. The van der Waals surface area contributed by atoms with Crippen LogP contribution in [0, 0.1) is 0 Å². The van der Waals surface area contributed by atoms with Gasteiger partial charge in [0.1, 0.15) is 10.8 Å². The van der Waals surface area contributed by atoms with E-state index in [1.807, 2.05) is 6.07 Å². The molecule has 5 nitrogen and oxygen atoms in total. The Morgan fingerprint density at radius 2 is 2.00 bits per heavy atom. The zero-order valence-electron chi connectivity index (χ0n) is 10.4. The highest BCUT2D eigenvalue weighted by Gasteiger charge is 2.13. The van der Waals surface area contributed by atoms with Gasteiger partial charge >= 0.3 is 0 Å². The molecule has 0 saturated carbocycles. The van der Waals surface area contributed by atoms with Crippen LogP contribution in [0.25, 0.3) is 11.5 Å². The summed E-state index contributed by atoms with van der Waals surface area (Å²) in [4.78, 5) is 12.8. The third-order valence-corrected chi connectivity index (χ3v) is 3.66. The number of nitrogens with zero attached hydrogens (tertiary/aromatic N) is 3. The summed E-state index contributed by atoms with van der Waals surface area (Å²) < 4.78 is 10.8. The Balaban J connectivity index is 2.49. The van der Waals surface area contributed by atoms with Crippen LogP contribution in [0.1, 0.15) is 5.69 Å². The van der Waals surface area contributed by atoms with E-state index in [9.17, 15) is 0 Å². The number of ether oxygens (including phenoxy) is 2. The molecule has 100 valence electrons. The van der Waals surface area contributed by atoms with E-state index in [4.69, 9.17) is 21.1 Å². The summed E-state index contributed by atoms with van der Waals surface area (Å²) in [5, 5.41) is 0.321. The highest BCUT2D eigenvalue weighted by Crippen LogP contribution is 2.27. The minimum Gasteiger partial charge on any atom is -0.481 e. The van der Waals surface area contributed by atoms with Crippen LogP contribution < -0.4 is 4.74 Å². The number of methoxy groups -OCH3 is 2. The van der Waals surface area contributed by atoms with E-state index in [1.165, 1.54) is 0 Å². The van der Waals surface area contributed by atoms with E-state index in [-0.39, 0.29) is 0 Å². The molecule has 0 aliphatic heterocycles. The molecule has 2 rings (SSSR count). The Kier molecular flexibility index (Phi) is 4.68. The lowest BCUT2D eigenvalue weighted by molar-refractivity contribution is 0.181. The molecule has 0 atom stereocenters. The lowest BCUT2D eigenvalue weighted by atomic mass is 10.3. The summed E-state index contributed by atoms with van der Waals surface area (Å²) in [6, 6.07) is 5.36. The van der Waals surface area contributed by atoms with Gasteiger partial charge in [0.2, 0.25) is 5.88 Å². The monoisotopic (exact) mass is 343 g/mol. The second-order valence-corrected chi connectivity index (χ2v) is 4.75. The molecule has 0 amide bonds. The Hall–Kier alpha value is -1.24. The minimum atomic E-state index is 0.321. The lowest BCUT2D eigenvalue weighted by Gasteiger charge is -2.07. The van der Waals surface area contributed by atoms with Gasteiger partial charge in [-0.15, -0.1) is 0 Å². The number of halogens is 2. The van der Waals surface area contributed by atoms with Crippen molar-refractivity contribution in [3.8, 4) is 17.4 Å². The molecule has 7 heteroatoms. The summed E-state index contributed by atoms with van der Waals surface area (Å²) in [7, 11) is 3.14. The molecule has 2 aromatic heterocycles. The van der Waals surface area contributed by atoms with Crippen LogP contribution in [0.3, 0.4) is 0 Å². The fraction of sp³-hybridized carbons (Fsp3) is 0.250. The molecule has 2 aromatic rings. The van der Waals surface area contributed by atoms with Gasteiger partial charge in [0.05, 0.1) is 23.9 Å².